The molecule has 0 radical (unpaired) electrons. The second kappa shape index (κ2) is 7.60. The minimum absolute atomic E-state index is 0.0813. The van der Waals surface area contributed by atoms with Crippen LogP contribution >= 0.6 is 15.9 Å². The number of hydrogen-bond donors (Lipinski definition) is 1. The van der Waals surface area contributed by atoms with Gasteiger partial charge in [-0.2, -0.15) is 5.10 Å². The number of aryl methyl sites for hydroxylation is 1. The van der Waals surface area contributed by atoms with Crippen molar-refractivity contribution in [1.29, 1.82) is 0 Å². The Balaban J connectivity index is 1.76. The average molecular weight is 331 g/mol. The Bertz CT molecular complexity index is 579. The van der Waals surface area contributed by atoms with Gasteiger partial charge in [0, 0.05) is 10.9 Å². The van der Waals surface area contributed by atoms with Crippen LogP contribution in [-0.4, -0.2) is 12.1 Å². The summed E-state index contributed by atoms with van der Waals surface area (Å²) in [6, 6.07) is 17.6. The minimum atomic E-state index is -0.0813. The predicted molar refractivity (Wildman–Crippen MR) is 84.6 cm³/mol. The molecule has 2 aromatic carbocycles. The SMILES string of the molecule is O=C(CCc1ccccc1)N/N=C\c1ccc(Br)cc1. The van der Waals surface area contributed by atoms with Gasteiger partial charge in [0.05, 0.1) is 6.21 Å². The summed E-state index contributed by atoms with van der Waals surface area (Å²) >= 11 is 3.37. The van der Waals surface area contributed by atoms with Gasteiger partial charge in [-0.25, -0.2) is 5.43 Å². The number of hydrogen-bond acceptors (Lipinski definition) is 2. The van der Waals surface area contributed by atoms with Crippen LogP contribution in [0.2, 0.25) is 0 Å². The van der Waals surface area contributed by atoms with Crippen molar-refractivity contribution in [2.75, 3.05) is 0 Å². The van der Waals surface area contributed by atoms with Crippen LogP contribution in [0, 0.1) is 0 Å². The largest absolute Gasteiger partial charge is 0.273 e. The number of benzene rings is 2. The second-order valence-corrected chi connectivity index (χ2v) is 5.25. The zero-order valence-corrected chi connectivity index (χ0v) is 12.5. The molecule has 0 atom stereocenters. The van der Waals surface area contributed by atoms with Crippen LogP contribution < -0.4 is 5.43 Å². The van der Waals surface area contributed by atoms with Gasteiger partial charge in [0.15, 0.2) is 0 Å². The zero-order chi connectivity index (χ0) is 14.2. The van der Waals surface area contributed by atoms with E-state index in [0.29, 0.717) is 6.42 Å². The molecule has 1 N–H and O–H groups in total. The third kappa shape index (κ3) is 4.97. The third-order valence-electron chi connectivity index (χ3n) is 2.76. The van der Waals surface area contributed by atoms with E-state index in [1.807, 2.05) is 54.6 Å². The van der Waals surface area contributed by atoms with Gasteiger partial charge < -0.3 is 0 Å². The number of hydrazone groups is 1. The summed E-state index contributed by atoms with van der Waals surface area (Å²) in [6.45, 7) is 0. The van der Waals surface area contributed by atoms with E-state index in [-0.39, 0.29) is 5.91 Å². The lowest BCUT2D eigenvalue weighted by atomic mass is 10.1. The van der Waals surface area contributed by atoms with Crippen molar-refractivity contribution in [2.24, 2.45) is 5.10 Å². The Morgan fingerprint density at radius 2 is 1.80 bits per heavy atom. The number of nitrogens with one attached hydrogen (secondary N) is 1. The molecule has 0 spiro atoms. The highest BCUT2D eigenvalue weighted by molar-refractivity contribution is 9.10. The molecule has 0 aliphatic rings. The number of amides is 1. The molecule has 0 fully saturated rings. The molecule has 0 bridgehead atoms. The van der Waals surface area contributed by atoms with Gasteiger partial charge in [-0.05, 0) is 29.7 Å². The van der Waals surface area contributed by atoms with Gasteiger partial charge in [-0.15, -0.1) is 0 Å². The van der Waals surface area contributed by atoms with E-state index in [1.54, 1.807) is 6.21 Å². The van der Waals surface area contributed by atoms with Gasteiger partial charge in [0.25, 0.3) is 0 Å². The maximum absolute atomic E-state index is 11.6. The van der Waals surface area contributed by atoms with Crippen LogP contribution in [0.25, 0.3) is 0 Å². The standard InChI is InChI=1S/C16H15BrN2O/c17-15-9-6-14(7-10-15)12-18-19-16(20)11-8-13-4-2-1-3-5-13/h1-7,9-10,12H,8,11H2,(H,19,20)/b18-12-. The summed E-state index contributed by atoms with van der Waals surface area (Å²) in [7, 11) is 0. The molecule has 0 heterocycles. The number of halogens is 1. The molecule has 0 saturated carbocycles. The van der Waals surface area contributed by atoms with E-state index in [1.165, 1.54) is 0 Å². The smallest absolute Gasteiger partial charge is 0.240 e. The minimum Gasteiger partial charge on any atom is -0.273 e. The van der Waals surface area contributed by atoms with Crippen molar-refractivity contribution in [3.63, 3.8) is 0 Å². The van der Waals surface area contributed by atoms with Gasteiger partial charge in [0.2, 0.25) is 5.91 Å². The molecule has 0 unspecified atom stereocenters. The lowest BCUT2D eigenvalue weighted by molar-refractivity contribution is -0.121. The molecule has 3 nitrogen and oxygen atoms in total. The average Bonchev–Trinajstić information content (AvgIpc) is 2.48. The molecule has 1 amide bonds. The Labute approximate surface area is 126 Å². The first-order valence-corrected chi connectivity index (χ1v) is 7.15. The normalized spacial score (nSPS) is 10.7. The Hall–Kier alpha value is -1.94. The molecule has 4 heteroatoms. The van der Waals surface area contributed by atoms with E-state index in [0.717, 1.165) is 22.0 Å². The summed E-state index contributed by atoms with van der Waals surface area (Å²) in [6.07, 6.45) is 2.79. The van der Waals surface area contributed by atoms with Crippen LogP contribution in [-0.2, 0) is 11.2 Å². The summed E-state index contributed by atoms with van der Waals surface area (Å²) in [4.78, 5) is 11.6. The number of rotatable bonds is 5. The molecular weight excluding hydrogens is 316 g/mol. The first-order valence-electron chi connectivity index (χ1n) is 6.35. The van der Waals surface area contributed by atoms with Crippen molar-refractivity contribution in [2.45, 2.75) is 12.8 Å². The number of carbonyl (C=O) groups is 1. The summed E-state index contributed by atoms with van der Waals surface area (Å²) in [5.41, 5.74) is 4.63. The van der Waals surface area contributed by atoms with E-state index in [4.69, 9.17) is 0 Å². The molecule has 0 aromatic heterocycles. The fourth-order valence-electron chi connectivity index (χ4n) is 1.69. The van der Waals surface area contributed by atoms with Gasteiger partial charge in [0.1, 0.15) is 0 Å². The first kappa shape index (κ1) is 14.5. The van der Waals surface area contributed by atoms with Crippen molar-refractivity contribution < 1.29 is 4.79 Å². The van der Waals surface area contributed by atoms with Gasteiger partial charge >= 0.3 is 0 Å². The summed E-state index contributed by atoms with van der Waals surface area (Å²) < 4.78 is 1.02. The fraction of sp³-hybridized carbons (Fsp3) is 0.125. The molecule has 2 aromatic rings. The lowest BCUT2D eigenvalue weighted by Gasteiger charge is -2.00. The maximum atomic E-state index is 11.6. The Morgan fingerprint density at radius 1 is 1.10 bits per heavy atom. The molecule has 2 rings (SSSR count). The Morgan fingerprint density at radius 3 is 2.50 bits per heavy atom. The molecular formula is C16H15BrN2O. The van der Waals surface area contributed by atoms with Crippen molar-refractivity contribution in [3.8, 4) is 0 Å². The molecule has 0 aliphatic carbocycles. The molecule has 102 valence electrons. The highest BCUT2D eigenvalue weighted by Gasteiger charge is 2.00. The molecule has 0 saturated heterocycles. The van der Waals surface area contributed by atoms with E-state index in [2.05, 4.69) is 26.5 Å². The quantitative estimate of drug-likeness (QED) is 0.661. The van der Waals surface area contributed by atoms with Crippen LogP contribution in [0.15, 0.2) is 64.2 Å². The highest BCUT2D eigenvalue weighted by atomic mass is 79.9. The zero-order valence-electron chi connectivity index (χ0n) is 10.9. The topological polar surface area (TPSA) is 41.5 Å². The second-order valence-electron chi connectivity index (χ2n) is 4.33. The summed E-state index contributed by atoms with van der Waals surface area (Å²) in [5, 5.41) is 3.94. The Kier molecular flexibility index (Phi) is 5.50. The molecule has 0 aliphatic heterocycles. The fourth-order valence-corrected chi connectivity index (χ4v) is 1.95. The van der Waals surface area contributed by atoms with Crippen molar-refractivity contribution in [3.05, 3.63) is 70.2 Å². The predicted octanol–water partition coefficient (Wildman–Crippen LogP) is 3.53. The number of nitrogens with zero attached hydrogens (tertiary/aromatic N) is 1. The van der Waals surface area contributed by atoms with E-state index < -0.39 is 0 Å². The van der Waals surface area contributed by atoms with Crippen molar-refractivity contribution >= 4 is 28.1 Å². The molecule has 20 heavy (non-hydrogen) atoms. The van der Waals surface area contributed by atoms with E-state index >= 15 is 0 Å². The third-order valence-corrected chi connectivity index (χ3v) is 3.29. The first-order chi connectivity index (χ1) is 9.74. The maximum Gasteiger partial charge on any atom is 0.240 e. The van der Waals surface area contributed by atoms with Crippen LogP contribution in [0.4, 0.5) is 0 Å². The van der Waals surface area contributed by atoms with Crippen LogP contribution in [0.3, 0.4) is 0 Å². The summed E-state index contributed by atoms with van der Waals surface area (Å²) in [5.74, 6) is -0.0813. The number of carbonyl (C=O) groups excluding carboxylic acids is 1. The van der Waals surface area contributed by atoms with Crippen LogP contribution in [0.1, 0.15) is 17.5 Å². The van der Waals surface area contributed by atoms with Crippen molar-refractivity contribution in [1.82, 2.24) is 5.43 Å². The van der Waals surface area contributed by atoms with Gasteiger partial charge in [-0.1, -0.05) is 58.4 Å². The van der Waals surface area contributed by atoms with E-state index in [9.17, 15) is 4.79 Å². The monoisotopic (exact) mass is 330 g/mol. The van der Waals surface area contributed by atoms with Gasteiger partial charge in [-0.3, -0.25) is 4.79 Å². The highest BCUT2D eigenvalue weighted by Crippen LogP contribution is 2.08. The lowest BCUT2D eigenvalue weighted by Crippen LogP contribution is -2.17. The van der Waals surface area contributed by atoms with Crippen LogP contribution in [0.5, 0.6) is 0 Å².